The average Bonchev–Trinajstić information content (AvgIpc) is 3.45. The van der Waals surface area contributed by atoms with Crippen LogP contribution in [-0.4, -0.2) is 64.2 Å². The zero-order valence-corrected chi connectivity index (χ0v) is 15.6. The van der Waals surface area contributed by atoms with Gasteiger partial charge in [0, 0.05) is 37.7 Å². The lowest BCUT2D eigenvalue weighted by Crippen LogP contribution is -2.36. The number of hydrogen-bond donors (Lipinski definition) is 0. The van der Waals surface area contributed by atoms with Gasteiger partial charge < -0.3 is 14.4 Å². The van der Waals surface area contributed by atoms with Crippen molar-refractivity contribution >= 4 is 5.82 Å². The van der Waals surface area contributed by atoms with Crippen molar-refractivity contribution in [1.29, 1.82) is 0 Å². The summed E-state index contributed by atoms with van der Waals surface area (Å²) in [6.07, 6.45) is 4.56. The van der Waals surface area contributed by atoms with E-state index in [-0.39, 0.29) is 6.04 Å². The fourth-order valence-corrected chi connectivity index (χ4v) is 3.59. The molecule has 0 aromatic carbocycles. The standard InChI is InChI=1S/C20H22N6O2/c1-2-7-21-17(3-1)19-23-20(26(24-19)16-6-10-28-14-16)15-4-5-18(22-13-15)25-8-11-27-12-9-25/h1-5,7,13,16H,6,8-12,14H2. The van der Waals surface area contributed by atoms with Crippen LogP contribution in [0.3, 0.4) is 0 Å². The minimum Gasteiger partial charge on any atom is -0.379 e. The van der Waals surface area contributed by atoms with Gasteiger partial charge in [-0.15, -0.1) is 5.10 Å². The third-order valence-electron chi connectivity index (χ3n) is 5.12. The third kappa shape index (κ3) is 3.36. The highest BCUT2D eigenvalue weighted by atomic mass is 16.5. The average molecular weight is 378 g/mol. The van der Waals surface area contributed by atoms with E-state index in [0.717, 1.165) is 62.2 Å². The van der Waals surface area contributed by atoms with Gasteiger partial charge in [-0.25, -0.2) is 14.6 Å². The minimum absolute atomic E-state index is 0.180. The highest BCUT2D eigenvalue weighted by Gasteiger charge is 2.25. The highest BCUT2D eigenvalue weighted by molar-refractivity contribution is 5.60. The van der Waals surface area contributed by atoms with Gasteiger partial charge in [-0.05, 0) is 30.7 Å². The number of pyridine rings is 2. The number of anilines is 1. The molecule has 3 aromatic rings. The molecule has 1 atom stereocenters. The van der Waals surface area contributed by atoms with Crippen molar-refractivity contribution in [2.45, 2.75) is 12.5 Å². The summed E-state index contributed by atoms with van der Waals surface area (Å²) in [7, 11) is 0. The second-order valence-electron chi connectivity index (χ2n) is 6.94. The number of morpholine rings is 1. The van der Waals surface area contributed by atoms with E-state index in [1.807, 2.05) is 35.1 Å². The quantitative estimate of drug-likeness (QED) is 0.689. The Morgan fingerprint density at radius 2 is 1.89 bits per heavy atom. The van der Waals surface area contributed by atoms with E-state index < -0.39 is 0 Å². The van der Waals surface area contributed by atoms with Gasteiger partial charge in [0.15, 0.2) is 11.6 Å². The van der Waals surface area contributed by atoms with Crippen LogP contribution in [0, 0.1) is 0 Å². The first kappa shape index (κ1) is 17.3. The summed E-state index contributed by atoms with van der Waals surface area (Å²) >= 11 is 0. The number of hydrogen-bond acceptors (Lipinski definition) is 7. The molecule has 2 aliphatic heterocycles. The molecule has 0 aliphatic carbocycles. The van der Waals surface area contributed by atoms with Crippen molar-refractivity contribution in [3.8, 4) is 22.9 Å². The van der Waals surface area contributed by atoms with Gasteiger partial charge in [0.25, 0.3) is 0 Å². The molecule has 2 saturated heterocycles. The molecule has 8 nitrogen and oxygen atoms in total. The Bertz CT molecular complexity index is 916. The van der Waals surface area contributed by atoms with Crippen molar-refractivity contribution in [3.05, 3.63) is 42.7 Å². The molecule has 28 heavy (non-hydrogen) atoms. The van der Waals surface area contributed by atoms with Gasteiger partial charge in [-0.2, -0.15) is 0 Å². The van der Waals surface area contributed by atoms with Crippen molar-refractivity contribution in [1.82, 2.24) is 24.7 Å². The summed E-state index contributed by atoms with van der Waals surface area (Å²) in [6, 6.07) is 10.1. The molecule has 0 spiro atoms. The molecular weight excluding hydrogens is 356 g/mol. The Morgan fingerprint density at radius 3 is 2.61 bits per heavy atom. The molecule has 144 valence electrons. The summed E-state index contributed by atoms with van der Waals surface area (Å²) in [5, 5.41) is 4.76. The van der Waals surface area contributed by atoms with Crippen LogP contribution in [0.2, 0.25) is 0 Å². The second kappa shape index (κ2) is 7.65. The maximum absolute atomic E-state index is 5.58. The minimum atomic E-state index is 0.180. The first-order valence-electron chi connectivity index (χ1n) is 9.63. The van der Waals surface area contributed by atoms with E-state index in [1.165, 1.54) is 0 Å². The maximum Gasteiger partial charge on any atom is 0.200 e. The number of ether oxygens (including phenoxy) is 2. The van der Waals surface area contributed by atoms with Crippen molar-refractivity contribution in [2.75, 3.05) is 44.4 Å². The van der Waals surface area contributed by atoms with Crippen LogP contribution in [-0.2, 0) is 9.47 Å². The van der Waals surface area contributed by atoms with Crippen LogP contribution in [0.4, 0.5) is 5.82 Å². The predicted octanol–water partition coefficient (Wildman–Crippen LogP) is 2.20. The molecule has 0 bridgehead atoms. The zero-order chi connectivity index (χ0) is 18.8. The Labute approximate surface area is 163 Å². The lowest BCUT2D eigenvalue weighted by Gasteiger charge is -2.27. The molecule has 8 heteroatoms. The van der Waals surface area contributed by atoms with Gasteiger partial charge in [-0.3, -0.25) is 4.98 Å². The molecule has 0 radical (unpaired) electrons. The predicted molar refractivity (Wildman–Crippen MR) is 104 cm³/mol. The van der Waals surface area contributed by atoms with E-state index in [1.54, 1.807) is 6.20 Å². The topological polar surface area (TPSA) is 78.2 Å². The van der Waals surface area contributed by atoms with E-state index >= 15 is 0 Å². The van der Waals surface area contributed by atoms with Crippen LogP contribution in [0.25, 0.3) is 22.9 Å². The molecule has 2 fully saturated rings. The molecule has 3 aromatic heterocycles. The van der Waals surface area contributed by atoms with Crippen molar-refractivity contribution in [3.63, 3.8) is 0 Å². The molecule has 1 unspecified atom stereocenters. The molecule has 0 saturated carbocycles. The first-order chi connectivity index (χ1) is 13.9. The Kier molecular flexibility index (Phi) is 4.72. The van der Waals surface area contributed by atoms with E-state index in [4.69, 9.17) is 19.6 Å². The van der Waals surface area contributed by atoms with Crippen molar-refractivity contribution < 1.29 is 9.47 Å². The lowest BCUT2D eigenvalue weighted by atomic mass is 10.2. The van der Waals surface area contributed by atoms with Crippen LogP contribution in [0.15, 0.2) is 42.7 Å². The van der Waals surface area contributed by atoms with Gasteiger partial charge in [-0.1, -0.05) is 6.07 Å². The van der Waals surface area contributed by atoms with Gasteiger partial charge in [0.05, 0.1) is 25.9 Å². The SMILES string of the molecule is c1ccc(-c2nc(-c3ccc(N4CCOCC4)nc3)n(C3CCOC3)n2)nc1. The van der Waals surface area contributed by atoms with Crippen LogP contribution in [0.5, 0.6) is 0 Å². The van der Waals surface area contributed by atoms with E-state index in [0.29, 0.717) is 12.4 Å². The lowest BCUT2D eigenvalue weighted by molar-refractivity contribution is 0.122. The van der Waals surface area contributed by atoms with Gasteiger partial charge in [0.1, 0.15) is 11.5 Å². The number of rotatable bonds is 4. The van der Waals surface area contributed by atoms with Crippen LogP contribution in [0.1, 0.15) is 12.5 Å². The zero-order valence-electron chi connectivity index (χ0n) is 15.6. The fourth-order valence-electron chi connectivity index (χ4n) is 3.59. The molecule has 5 heterocycles. The summed E-state index contributed by atoms with van der Waals surface area (Å²) in [6.45, 7) is 4.62. The van der Waals surface area contributed by atoms with E-state index in [9.17, 15) is 0 Å². The molecule has 0 N–H and O–H groups in total. The van der Waals surface area contributed by atoms with Gasteiger partial charge in [0.2, 0.25) is 0 Å². The van der Waals surface area contributed by atoms with Crippen molar-refractivity contribution in [2.24, 2.45) is 0 Å². The van der Waals surface area contributed by atoms with Crippen LogP contribution < -0.4 is 4.90 Å². The maximum atomic E-state index is 5.58. The second-order valence-corrected chi connectivity index (χ2v) is 6.94. The highest BCUT2D eigenvalue weighted by Crippen LogP contribution is 2.28. The molecule has 5 rings (SSSR count). The molecular formula is C20H22N6O2. The summed E-state index contributed by atoms with van der Waals surface area (Å²) < 4.78 is 13.0. The normalized spacial score (nSPS) is 19.9. The smallest absolute Gasteiger partial charge is 0.200 e. The van der Waals surface area contributed by atoms with Crippen LogP contribution >= 0.6 is 0 Å². The first-order valence-corrected chi connectivity index (χ1v) is 9.63. The summed E-state index contributed by atoms with van der Waals surface area (Å²) in [4.78, 5) is 16.1. The van der Waals surface area contributed by atoms with E-state index in [2.05, 4.69) is 20.9 Å². The third-order valence-corrected chi connectivity index (χ3v) is 5.12. The molecule has 0 amide bonds. The Morgan fingerprint density at radius 1 is 0.964 bits per heavy atom. The number of aromatic nitrogens is 5. The monoisotopic (exact) mass is 378 g/mol. The van der Waals surface area contributed by atoms with Gasteiger partial charge >= 0.3 is 0 Å². The Balaban J connectivity index is 1.50. The molecule has 2 aliphatic rings. The Hall–Kier alpha value is -2.84. The fraction of sp³-hybridized carbons (Fsp3) is 0.400. The number of nitrogens with zero attached hydrogens (tertiary/aromatic N) is 6. The summed E-state index contributed by atoms with van der Waals surface area (Å²) in [5.74, 6) is 2.39. The largest absolute Gasteiger partial charge is 0.379 e. The summed E-state index contributed by atoms with van der Waals surface area (Å²) in [5.41, 5.74) is 1.71.